The zero-order valence-corrected chi connectivity index (χ0v) is 17.8. The fraction of sp³-hybridized carbons (Fsp3) is 0.565. The molecule has 4 atom stereocenters. The number of amides is 1. The molecule has 29 heavy (non-hydrogen) atoms. The van der Waals surface area contributed by atoms with Crippen molar-refractivity contribution in [1.82, 2.24) is 9.88 Å². The molecule has 1 N–H and O–H groups in total. The molecule has 0 unspecified atom stereocenters. The zero-order valence-electron chi connectivity index (χ0n) is 17.0. The van der Waals surface area contributed by atoms with Gasteiger partial charge in [0.05, 0.1) is 17.7 Å². The lowest BCUT2D eigenvalue weighted by atomic mass is 9.77. The number of methoxy groups -OCH3 is 1. The van der Waals surface area contributed by atoms with Crippen LogP contribution in [-0.2, 0) is 17.6 Å². The van der Waals surface area contributed by atoms with E-state index in [1.807, 2.05) is 24.4 Å². The Morgan fingerprint density at radius 2 is 2.03 bits per heavy atom. The first kappa shape index (κ1) is 19.1. The molecule has 3 heterocycles. The van der Waals surface area contributed by atoms with Crippen molar-refractivity contribution in [2.24, 2.45) is 11.8 Å². The van der Waals surface area contributed by atoms with E-state index < -0.39 is 0 Å². The fourth-order valence-corrected chi connectivity index (χ4v) is 6.59. The number of hydrogen-bond donors (Lipinski definition) is 1. The van der Waals surface area contributed by atoms with Gasteiger partial charge in [0.25, 0.3) is 5.91 Å². The van der Waals surface area contributed by atoms with Crippen LogP contribution in [0.25, 0.3) is 0 Å². The van der Waals surface area contributed by atoms with Crippen LogP contribution >= 0.6 is 11.3 Å². The maximum Gasteiger partial charge on any atom is 0.255 e. The van der Waals surface area contributed by atoms with Crippen molar-refractivity contribution in [3.8, 4) is 0 Å². The average molecular weight is 412 g/mol. The van der Waals surface area contributed by atoms with Crippen LogP contribution in [0, 0.1) is 11.8 Å². The molecule has 2 aromatic heterocycles. The van der Waals surface area contributed by atoms with Crippen molar-refractivity contribution in [2.75, 3.05) is 25.5 Å². The minimum Gasteiger partial charge on any atom is -0.379 e. The minimum atomic E-state index is 0.155. The van der Waals surface area contributed by atoms with Crippen LogP contribution in [0.5, 0.6) is 0 Å². The number of aryl methyl sites for hydroxylation is 1. The summed E-state index contributed by atoms with van der Waals surface area (Å²) in [5.74, 6) is 2.21. The van der Waals surface area contributed by atoms with Crippen LogP contribution in [0.15, 0.2) is 29.8 Å². The molecule has 2 aliphatic carbocycles. The molecule has 1 aliphatic heterocycles. The molecule has 3 aliphatic rings. The molecule has 0 spiro atoms. The van der Waals surface area contributed by atoms with Gasteiger partial charge in [-0.05, 0) is 68.1 Å². The smallest absolute Gasteiger partial charge is 0.255 e. The topological polar surface area (TPSA) is 54.5 Å². The summed E-state index contributed by atoms with van der Waals surface area (Å²) in [6.07, 6.45) is 8.68. The number of ether oxygens (including phenoxy) is 1. The van der Waals surface area contributed by atoms with Gasteiger partial charge >= 0.3 is 0 Å². The lowest BCUT2D eigenvalue weighted by Crippen LogP contribution is -2.44. The van der Waals surface area contributed by atoms with Crippen molar-refractivity contribution < 1.29 is 9.53 Å². The number of pyridine rings is 1. The predicted octanol–water partition coefficient (Wildman–Crippen LogP) is 4.00. The lowest BCUT2D eigenvalue weighted by Gasteiger charge is -2.37. The summed E-state index contributed by atoms with van der Waals surface area (Å²) < 4.78 is 5.83. The van der Waals surface area contributed by atoms with Gasteiger partial charge in [-0.15, -0.1) is 11.3 Å². The number of nitrogens with zero attached hydrogens (tertiary/aromatic N) is 2. The van der Waals surface area contributed by atoms with Crippen LogP contribution in [-0.4, -0.2) is 48.1 Å². The monoisotopic (exact) mass is 411 g/mol. The number of hydrogen-bond acceptors (Lipinski definition) is 5. The number of carbonyl (C=O) groups is 1. The van der Waals surface area contributed by atoms with Gasteiger partial charge in [-0.25, -0.2) is 4.98 Å². The molecule has 1 saturated carbocycles. The number of carbonyl (C=O) groups excluding carboxylic acids is 1. The van der Waals surface area contributed by atoms with Gasteiger partial charge in [0.1, 0.15) is 5.82 Å². The third-order valence-electron chi connectivity index (χ3n) is 7.00. The molecule has 1 amide bonds. The Kier molecular flexibility index (Phi) is 5.31. The van der Waals surface area contributed by atoms with Crippen LogP contribution in [0.3, 0.4) is 0 Å². The first-order valence-corrected chi connectivity index (χ1v) is 11.7. The van der Waals surface area contributed by atoms with E-state index in [4.69, 9.17) is 4.74 Å². The van der Waals surface area contributed by atoms with Crippen LogP contribution in [0.4, 0.5) is 5.82 Å². The average Bonchev–Trinajstić information content (AvgIpc) is 3.37. The molecule has 0 bridgehead atoms. The molecule has 1 saturated heterocycles. The van der Waals surface area contributed by atoms with Crippen molar-refractivity contribution >= 4 is 23.1 Å². The van der Waals surface area contributed by atoms with E-state index in [9.17, 15) is 4.79 Å². The highest BCUT2D eigenvalue weighted by Crippen LogP contribution is 2.40. The number of likely N-dealkylation sites (tertiary alicyclic amines) is 1. The molecule has 5 rings (SSSR count). The number of rotatable bonds is 4. The van der Waals surface area contributed by atoms with E-state index in [1.54, 1.807) is 18.4 Å². The second kappa shape index (κ2) is 8.07. The van der Waals surface area contributed by atoms with Crippen molar-refractivity contribution in [3.05, 3.63) is 45.8 Å². The highest BCUT2D eigenvalue weighted by molar-refractivity contribution is 7.10. The zero-order chi connectivity index (χ0) is 19.8. The molecule has 0 aromatic carbocycles. The number of nitrogens with one attached hydrogen (secondary N) is 1. The Morgan fingerprint density at radius 1 is 1.21 bits per heavy atom. The summed E-state index contributed by atoms with van der Waals surface area (Å²) in [6, 6.07) is 6.17. The second-order valence-electron chi connectivity index (χ2n) is 8.70. The maximum absolute atomic E-state index is 13.3. The largest absolute Gasteiger partial charge is 0.379 e. The predicted molar refractivity (Wildman–Crippen MR) is 116 cm³/mol. The number of aromatic nitrogens is 1. The number of fused-ring (bicyclic) bond motifs is 2. The van der Waals surface area contributed by atoms with Gasteiger partial charge in [-0.3, -0.25) is 4.79 Å². The lowest BCUT2D eigenvalue weighted by molar-refractivity contribution is 0.0304. The van der Waals surface area contributed by atoms with E-state index in [2.05, 4.69) is 20.6 Å². The molecule has 2 fully saturated rings. The van der Waals surface area contributed by atoms with E-state index in [0.29, 0.717) is 11.8 Å². The molecule has 154 valence electrons. The molecule has 5 nitrogen and oxygen atoms in total. The molecule has 6 heteroatoms. The van der Waals surface area contributed by atoms with E-state index in [0.717, 1.165) is 50.2 Å². The summed E-state index contributed by atoms with van der Waals surface area (Å²) in [5, 5.41) is 5.68. The van der Waals surface area contributed by atoms with Gasteiger partial charge in [0, 0.05) is 36.7 Å². The Balaban J connectivity index is 1.29. The highest BCUT2D eigenvalue weighted by atomic mass is 32.1. The Labute approximate surface area is 176 Å². The van der Waals surface area contributed by atoms with Crippen LogP contribution in [0.2, 0.25) is 0 Å². The molecule has 0 radical (unpaired) electrons. The van der Waals surface area contributed by atoms with Crippen LogP contribution < -0.4 is 5.32 Å². The van der Waals surface area contributed by atoms with Crippen molar-refractivity contribution in [1.29, 1.82) is 0 Å². The number of thiophene rings is 1. The van der Waals surface area contributed by atoms with Crippen molar-refractivity contribution in [3.63, 3.8) is 0 Å². The quantitative estimate of drug-likeness (QED) is 0.826. The Bertz CT molecular complexity index is 868. The Hall–Kier alpha value is -1.92. The first-order chi connectivity index (χ1) is 14.2. The van der Waals surface area contributed by atoms with E-state index in [1.165, 1.54) is 23.3 Å². The van der Waals surface area contributed by atoms with Gasteiger partial charge in [0.2, 0.25) is 0 Å². The van der Waals surface area contributed by atoms with Gasteiger partial charge in [-0.1, -0.05) is 6.07 Å². The van der Waals surface area contributed by atoms with Gasteiger partial charge in [0.15, 0.2) is 0 Å². The Morgan fingerprint density at radius 3 is 2.83 bits per heavy atom. The minimum absolute atomic E-state index is 0.155. The molecular formula is C23H29N3O2S. The standard InChI is InChI=1S/C23H29N3O2S/c1-28-20-11-16-13-26(23(27)18-14-29-21-7-3-2-6-17(18)21)12-15(16)10-19(20)25-22-8-4-5-9-24-22/h4-5,8-9,14-16,19-20H,2-3,6-7,10-13H2,1H3,(H,24,25)/t15-,16+,19-,20-/m1/s1. The van der Waals surface area contributed by atoms with E-state index in [-0.39, 0.29) is 18.1 Å². The summed E-state index contributed by atoms with van der Waals surface area (Å²) >= 11 is 1.79. The third-order valence-corrected chi connectivity index (χ3v) is 8.09. The van der Waals surface area contributed by atoms with Crippen LogP contribution in [0.1, 0.15) is 46.5 Å². The maximum atomic E-state index is 13.3. The normalized spacial score (nSPS) is 28.7. The summed E-state index contributed by atoms with van der Waals surface area (Å²) in [4.78, 5) is 21.3. The SMILES string of the molecule is CO[C@@H]1C[C@H]2CN(C(=O)c3csc4c3CCCC4)C[C@H]2C[C@H]1Nc1ccccn1. The summed E-state index contributed by atoms with van der Waals surface area (Å²) in [6.45, 7) is 1.73. The molecule has 2 aromatic rings. The third kappa shape index (κ3) is 3.68. The fourth-order valence-electron chi connectivity index (χ4n) is 5.47. The summed E-state index contributed by atoms with van der Waals surface area (Å²) in [7, 11) is 1.80. The van der Waals surface area contributed by atoms with Crippen molar-refractivity contribution in [2.45, 2.75) is 50.7 Å². The highest BCUT2D eigenvalue weighted by Gasteiger charge is 2.44. The van der Waals surface area contributed by atoms with Gasteiger partial charge in [-0.2, -0.15) is 0 Å². The second-order valence-corrected chi connectivity index (χ2v) is 9.66. The number of anilines is 1. The van der Waals surface area contributed by atoms with Gasteiger partial charge < -0.3 is 15.0 Å². The molecular weight excluding hydrogens is 382 g/mol. The first-order valence-electron chi connectivity index (χ1n) is 10.8. The summed E-state index contributed by atoms with van der Waals surface area (Å²) in [5.41, 5.74) is 2.32. The van der Waals surface area contributed by atoms with E-state index >= 15 is 0 Å².